The minimum Gasteiger partial charge on any atom is -0.496 e. The number of amides is 1. The van der Waals surface area contributed by atoms with E-state index in [4.69, 9.17) is 17.0 Å². The van der Waals surface area contributed by atoms with Crippen LogP contribution in [0.1, 0.15) is 26.3 Å². The number of hydrazine groups is 1. The van der Waals surface area contributed by atoms with Gasteiger partial charge in [0, 0.05) is 21.7 Å². The van der Waals surface area contributed by atoms with Crippen LogP contribution >= 0.6 is 28.1 Å². The smallest absolute Gasteiger partial charge is 0.262 e. The summed E-state index contributed by atoms with van der Waals surface area (Å²) < 4.78 is 6.14. The highest BCUT2D eigenvalue weighted by Crippen LogP contribution is 2.23. The number of hydrogen-bond donors (Lipinski definition) is 3. The number of thiocarbonyl (C=S) groups is 1. The maximum absolute atomic E-state index is 11.8. The lowest BCUT2D eigenvalue weighted by molar-refractivity contribution is -0.117. The van der Waals surface area contributed by atoms with Gasteiger partial charge >= 0.3 is 0 Å². The number of carbonyl (C=O) groups is 1. The summed E-state index contributed by atoms with van der Waals surface area (Å²) in [4.78, 5) is 11.8. The van der Waals surface area contributed by atoms with Crippen molar-refractivity contribution in [2.75, 3.05) is 7.11 Å². The third-order valence-corrected chi connectivity index (χ3v) is 3.09. The number of benzene rings is 1. The lowest BCUT2D eigenvalue weighted by Crippen LogP contribution is -2.51. The zero-order valence-electron chi connectivity index (χ0n) is 13.0. The van der Waals surface area contributed by atoms with Crippen LogP contribution in [0.5, 0.6) is 5.75 Å². The van der Waals surface area contributed by atoms with Gasteiger partial charge in [-0.25, -0.2) is 0 Å². The maximum Gasteiger partial charge on any atom is 0.262 e. The molecule has 0 radical (unpaired) electrons. The molecule has 0 fully saturated rings. The normalized spacial score (nSPS) is 11.1. The molecule has 0 aliphatic rings. The van der Waals surface area contributed by atoms with E-state index < -0.39 is 0 Å². The molecule has 1 rings (SSSR count). The van der Waals surface area contributed by atoms with Crippen molar-refractivity contribution in [3.8, 4) is 5.75 Å². The van der Waals surface area contributed by atoms with E-state index >= 15 is 0 Å². The average molecular weight is 386 g/mol. The third-order valence-electron chi connectivity index (χ3n) is 2.39. The third kappa shape index (κ3) is 6.91. The van der Waals surface area contributed by atoms with Crippen molar-refractivity contribution in [3.05, 3.63) is 34.3 Å². The summed E-state index contributed by atoms with van der Waals surface area (Å²) in [6.45, 7) is 5.92. The largest absolute Gasteiger partial charge is 0.496 e. The summed E-state index contributed by atoms with van der Waals surface area (Å²) >= 11 is 8.45. The van der Waals surface area contributed by atoms with Crippen molar-refractivity contribution in [1.82, 2.24) is 16.2 Å². The molecule has 7 heteroatoms. The topological polar surface area (TPSA) is 62.4 Å². The Balaban J connectivity index is 2.58. The van der Waals surface area contributed by atoms with E-state index in [1.54, 1.807) is 13.2 Å². The molecular formula is C15H20BrN3O2S. The van der Waals surface area contributed by atoms with Gasteiger partial charge in [0.25, 0.3) is 5.91 Å². The minimum absolute atomic E-state index is 0.172. The summed E-state index contributed by atoms with van der Waals surface area (Å²) in [6.07, 6.45) is 3.07. The first-order valence-electron chi connectivity index (χ1n) is 6.61. The van der Waals surface area contributed by atoms with E-state index in [9.17, 15) is 4.79 Å². The zero-order valence-corrected chi connectivity index (χ0v) is 15.4. The average Bonchev–Trinajstić information content (AvgIpc) is 2.41. The van der Waals surface area contributed by atoms with Crippen molar-refractivity contribution < 1.29 is 9.53 Å². The molecule has 1 aromatic carbocycles. The van der Waals surface area contributed by atoms with Gasteiger partial charge in [-0.05, 0) is 57.3 Å². The lowest BCUT2D eigenvalue weighted by Gasteiger charge is -2.22. The predicted octanol–water partition coefficient (Wildman–Crippen LogP) is 2.76. The van der Waals surface area contributed by atoms with Gasteiger partial charge in [0.2, 0.25) is 0 Å². The van der Waals surface area contributed by atoms with Crippen LogP contribution in [0.25, 0.3) is 6.08 Å². The Hall–Kier alpha value is -1.60. The van der Waals surface area contributed by atoms with E-state index in [2.05, 4.69) is 32.1 Å². The Morgan fingerprint density at radius 2 is 2.00 bits per heavy atom. The van der Waals surface area contributed by atoms with Gasteiger partial charge in [0.15, 0.2) is 5.11 Å². The van der Waals surface area contributed by atoms with E-state index in [1.807, 2.05) is 39.0 Å². The van der Waals surface area contributed by atoms with Crippen LogP contribution in [0.2, 0.25) is 0 Å². The number of methoxy groups -OCH3 is 1. The molecule has 3 N–H and O–H groups in total. The van der Waals surface area contributed by atoms with Gasteiger partial charge in [0.1, 0.15) is 5.75 Å². The van der Waals surface area contributed by atoms with Crippen molar-refractivity contribution in [3.63, 3.8) is 0 Å². The quantitative estimate of drug-likeness (QED) is 0.424. The van der Waals surface area contributed by atoms with Crippen LogP contribution in [0, 0.1) is 0 Å². The van der Waals surface area contributed by atoms with Crippen LogP contribution in [-0.2, 0) is 4.79 Å². The number of nitrogens with one attached hydrogen (secondary N) is 3. The molecule has 5 nitrogen and oxygen atoms in total. The van der Waals surface area contributed by atoms with Crippen LogP contribution in [0.15, 0.2) is 28.7 Å². The molecule has 1 aromatic rings. The maximum atomic E-state index is 11.8. The summed E-state index contributed by atoms with van der Waals surface area (Å²) in [5.41, 5.74) is 5.76. The first-order valence-corrected chi connectivity index (χ1v) is 7.81. The SMILES string of the molecule is COc1ccc(Br)cc1/C=C/C(=O)NNC(=S)NC(C)(C)C. The van der Waals surface area contributed by atoms with E-state index in [0.29, 0.717) is 10.9 Å². The first kappa shape index (κ1) is 18.4. The summed E-state index contributed by atoms with van der Waals surface area (Å²) in [5.74, 6) is 0.366. The Labute approximate surface area is 144 Å². The Bertz CT molecular complexity index is 583. The molecule has 0 aliphatic heterocycles. The van der Waals surface area contributed by atoms with Crippen LogP contribution in [0.4, 0.5) is 0 Å². The van der Waals surface area contributed by atoms with Crippen LogP contribution in [0.3, 0.4) is 0 Å². The summed E-state index contributed by atoms with van der Waals surface area (Å²) in [6, 6.07) is 5.55. The Kier molecular flexibility index (Phi) is 6.83. The minimum atomic E-state index is -0.319. The number of rotatable bonds is 3. The molecule has 0 aromatic heterocycles. The van der Waals surface area contributed by atoms with Gasteiger partial charge in [-0.2, -0.15) is 0 Å². The lowest BCUT2D eigenvalue weighted by atomic mass is 10.1. The summed E-state index contributed by atoms with van der Waals surface area (Å²) in [5, 5.41) is 3.39. The fourth-order valence-corrected chi connectivity index (χ4v) is 2.27. The van der Waals surface area contributed by atoms with Crippen molar-refractivity contribution in [2.24, 2.45) is 0 Å². The standard InChI is InChI=1S/C15H20BrN3O2S/c1-15(2,3)17-14(22)19-18-13(20)8-5-10-9-11(16)6-7-12(10)21-4/h5-9H,1-4H3,(H,18,20)(H2,17,19,22)/b8-5+. The Morgan fingerprint density at radius 3 is 2.59 bits per heavy atom. The molecule has 0 unspecified atom stereocenters. The highest BCUT2D eigenvalue weighted by molar-refractivity contribution is 9.10. The monoisotopic (exact) mass is 385 g/mol. The molecule has 0 saturated carbocycles. The van der Waals surface area contributed by atoms with Gasteiger partial charge < -0.3 is 10.1 Å². The highest BCUT2D eigenvalue weighted by atomic mass is 79.9. The molecule has 0 bridgehead atoms. The summed E-state index contributed by atoms with van der Waals surface area (Å²) in [7, 11) is 1.58. The molecule has 0 aliphatic carbocycles. The predicted molar refractivity (Wildman–Crippen MR) is 96.5 cm³/mol. The van der Waals surface area contributed by atoms with Gasteiger partial charge in [-0.15, -0.1) is 0 Å². The highest BCUT2D eigenvalue weighted by Gasteiger charge is 2.10. The fourth-order valence-electron chi connectivity index (χ4n) is 1.53. The second-order valence-corrected chi connectivity index (χ2v) is 6.86. The van der Waals surface area contributed by atoms with Crippen molar-refractivity contribution in [2.45, 2.75) is 26.3 Å². The molecule has 0 spiro atoms. The molecular weight excluding hydrogens is 366 g/mol. The van der Waals surface area contributed by atoms with E-state index in [1.165, 1.54) is 6.08 Å². The van der Waals surface area contributed by atoms with Gasteiger partial charge in [0.05, 0.1) is 7.11 Å². The van der Waals surface area contributed by atoms with Gasteiger partial charge in [-0.3, -0.25) is 15.6 Å². The zero-order chi connectivity index (χ0) is 16.8. The molecule has 0 saturated heterocycles. The van der Waals surface area contributed by atoms with Crippen LogP contribution in [-0.4, -0.2) is 23.7 Å². The Morgan fingerprint density at radius 1 is 1.32 bits per heavy atom. The molecule has 22 heavy (non-hydrogen) atoms. The number of carbonyl (C=O) groups excluding carboxylic acids is 1. The fraction of sp³-hybridized carbons (Fsp3) is 0.333. The van der Waals surface area contributed by atoms with Crippen LogP contribution < -0.4 is 20.9 Å². The number of halogens is 1. The van der Waals surface area contributed by atoms with E-state index in [-0.39, 0.29) is 11.4 Å². The molecule has 0 heterocycles. The first-order chi connectivity index (χ1) is 10.2. The van der Waals surface area contributed by atoms with E-state index in [0.717, 1.165) is 10.0 Å². The van der Waals surface area contributed by atoms with Crippen molar-refractivity contribution in [1.29, 1.82) is 0 Å². The second-order valence-electron chi connectivity index (χ2n) is 5.54. The molecule has 0 atom stereocenters. The molecule has 1 amide bonds. The second kappa shape index (κ2) is 8.14. The number of hydrogen-bond acceptors (Lipinski definition) is 3. The molecule has 120 valence electrons. The number of ether oxygens (including phenoxy) is 1. The van der Waals surface area contributed by atoms with Gasteiger partial charge in [-0.1, -0.05) is 15.9 Å². The van der Waals surface area contributed by atoms with Crippen molar-refractivity contribution >= 4 is 45.2 Å².